The van der Waals surface area contributed by atoms with E-state index in [1.807, 2.05) is 0 Å². The first-order valence-corrected chi connectivity index (χ1v) is 7.01. The van der Waals surface area contributed by atoms with Gasteiger partial charge < -0.3 is 20.1 Å². The summed E-state index contributed by atoms with van der Waals surface area (Å²) in [7, 11) is 3.07. The monoisotopic (exact) mass is 286 g/mol. The van der Waals surface area contributed by atoms with Gasteiger partial charge in [-0.2, -0.15) is 0 Å². The average molecular weight is 286 g/mol. The van der Waals surface area contributed by atoms with E-state index < -0.39 is 11.2 Å². The van der Waals surface area contributed by atoms with Crippen LogP contribution < -0.4 is 5.32 Å². The zero-order valence-corrected chi connectivity index (χ0v) is 12.9. The lowest BCUT2D eigenvalue weighted by Gasteiger charge is -2.41. The number of nitrogens with one attached hydrogen (secondary N) is 1. The quantitative estimate of drug-likeness (QED) is 0.761. The molecule has 2 N–H and O–H groups in total. The highest BCUT2D eigenvalue weighted by Gasteiger charge is 2.39. The van der Waals surface area contributed by atoms with Crippen molar-refractivity contribution in [2.75, 3.05) is 27.2 Å². The normalized spacial score (nSPS) is 23.6. The van der Waals surface area contributed by atoms with Crippen LogP contribution in [0.5, 0.6) is 0 Å². The second-order valence-electron chi connectivity index (χ2n) is 5.94. The highest BCUT2D eigenvalue weighted by atomic mass is 16.5. The molecule has 0 radical (unpaired) electrons. The molecule has 0 aliphatic carbocycles. The number of carbonyl (C=O) groups excluding carboxylic acids is 2. The Kier molecular flexibility index (Phi) is 5.53. The molecular formula is C14H26N2O4. The van der Waals surface area contributed by atoms with E-state index in [2.05, 4.69) is 5.32 Å². The smallest absolute Gasteiger partial charge is 0.254 e. The average Bonchev–Trinajstić information content (AvgIpc) is 2.44. The molecule has 1 saturated heterocycles. The minimum Gasteiger partial charge on any atom is -0.388 e. The number of methoxy groups -OCH3 is 1. The number of β-amino-alcohol motifs (C(OH)–C–C–N with tert-alkyl or cyclic N) is 1. The molecule has 6 nitrogen and oxygen atoms in total. The molecule has 0 unspecified atom stereocenters. The van der Waals surface area contributed by atoms with E-state index >= 15 is 0 Å². The van der Waals surface area contributed by atoms with Crippen LogP contribution in [0, 0.1) is 0 Å². The second kappa shape index (κ2) is 6.54. The fraction of sp³-hybridized carbons (Fsp3) is 0.857. The maximum absolute atomic E-state index is 12.3. The standard InChI is InChI=1S/C14H26N2O4/c1-13(2,20-4)12(18)16-9-5-7-14(19,10-16)8-6-11(17)15-3/h19H,5-10H2,1-4H3,(H,15,17)/t14-/m1/s1. The Morgan fingerprint density at radius 2 is 2.10 bits per heavy atom. The van der Waals surface area contributed by atoms with Gasteiger partial charge in [-0.3, -0.25) is 9.59 Å². The van der Waals surface area contributed by atoms with Gasteiger partial charge >= 0.3 is 0 Å². The first-order chi connectivity index (χ1) is 9.24. The Hall–Kier alpha value is -1.14. The first-order valence-electron chi connectivity index (χ1n) is 7.01. The molecule has 1 atom stereocenters. The van der Waals surface area contributed by atoms with Crippen molar-refractivity contribution in [3.8, 4) is 0 Å². The predicted molar refractivity (Wildman–Crippen MR) is 75.2 cm³/mol. The van der Waals surface area contributed by atoms with Gasteiger partial charge in [-0.1, -0.05) is 0 Å². The molecule has 1 heterocycles. The third-order valence-electron chi connectivity index (χ3n) is 3.96. The van der Waals surface area contributed by atoms with Crippen molar-refractivity contribution in [1.82, 2.24) is 10.2 Å². The van der Waals surface area contributed by atoms with E-state index in [-0.39, 0.29) is 24.8 Å². The van der Waals surface area contributed by atoms with Gasteiger partial charge in [0.25, 0.3) is 5.91 Å². The Morgan fingerprint density at radius 3 is 2.65 bits per heavy atom. The molecule has 0 aromatic heterocycles. The minimum absolute atomic E-state index is 0.0981. The van der Waals surface area contributed by atoms with E-state index in [1.165, 1.54) is 7.11 Å². The van der Waals surface area contributed by atoms with Gasteiger partial charge in [0.05, 0.1) is 5.60 Å². The second-order valence-corrected chi connectivity index (χ2v) is 5.94. The molecule has 116 valence electrons. The number of hydrogen-bond acceptors (Lipinski definition) is 4. The Morgan fingerprint density at radius 1 is 1.45 bits per heavy atom. The largest absolute Gasteiger partial charge is 0.388 e. The van der Waals surface area contributed by atoms with Crippen LogP contribution in [0.15, 0.2) is 0 Å². The van der Waals surface area contributed by atoms with Crippen LogP contribution in [0.4, 0.5) is 0 Å². The Balaban J connectivity index is 2.66. The third-order valence-corrected chi connectivity index (χ3v) is 3.96. The fourth-order valence-electron chi connectivity index (χ4n) is 2.43. The van der Waals surface area contributed by atoms with Crippen molar-refractivity contribution in [2.24, 2.45) is 0 Å². The molecule has 6 heteroatoms. The van der Waals surface area contributed by atoms with Crippen LogP contribution in [0.2, 0.25) is 0 Å². The summed E-state index contributed by atoms with van der Waals surface area (Å²) in [6.45, 7) is 4.31. The molecule has 0 spiro atoms. The van der Waals surface area contributed by atoms with E-state index in [4.69, 9.17) is 4.74 Å². The lowest BCUT2D eigenvalue weighted by Crippen LogP contribution is -2.55. The Bertz CT molecular complexity index is 370. The molecule has 0 bridgehead atoms. The fourth-order valence-corrected chi connectivity index (χ4v) is 2.43. The molecule has 1 aliphatic rings. The zero-order valence-electron chi connectivity index (χ0n) is 12.9. The van der Waals surface area contributed by atoms with Crippen LogP contribution in [0.1, 0.15) is 39.5 Å². The summed E-state index contributed by atoms with van der Waals surface area (Å²) in [6.07, 6.45) is 1.98. The van der Waals surface area contributed by atoms with Crippen LogP contribution in [-0.2, 0) is 14.3 Å². The van der Waals surface area contributed by atoms with Crippen LogP contribution in [0.25, 0.3) is 0 Å². The van der Waals surface area contributed by atoms with Crippen LogP contribution >= 0.6 is 0 Å². The summed E-state index contributed by atoms with van der Waals surface area (Å²) in [4.78, 5) is 25.3. The minimum atomic E-state index is -0.982. The van der Waals surface area contributed by atoms with E-state index in [9.17, 15) is 14.7 Å². The van der Waals surface area contributed by atoms with Gasteiger partial charge in [0.15, 0.2) is 0 Å². The molecule has 20 heavy (non-hydrogen) atoms. The van der Waals surface area contributed by atoms with Gasteiger partial charge in [-0.25, -0.2) is 0 Å². The molecule has 0 saturated carbocycles. The zero-order chi connectivity index (χ0) is 15.4. The van der Waals surface area contributed by atoms with Gasteiger partial charge in [-0.15, -0.1) is 0 Å². The van der Waals surface area contributed by atoms with E-state index in [0.717, 1.165) is 6.42 Å². The van der Waals surface area contributed by atoms with Crippen molar-refractivity contribution in [1.29, 1.82) is 0 Å². The number of rotatable bonds is 5. The summed E-state index contributed by atoms with van der Waals surface area (Å²) >= 11 is 0. The number of aliphatic hydroxyl groups is 1. The molecule has 0 aromatic rings. The van der Waals surface area contributed by atoms with Gasteiger partial charge in [0.2, 0.25) is 5.91 Å². The summed E-state index contributed by atoms with van der Waals surface area (Å²) in [6, 6.07) is 0. The highest BCUT2D eigenvalue weighted by Crippen LogP contribution is 2.27. The van der Waals surface area contributed by atoms with Crippen LogP contribution in [-0.4, -0.2) is 60.3 Å². The molecule has 1 aliphatic heterocycles. The van der Waals surface area contributed by atoms with Gasteiger partial charge in [0.1, 0.15) is 5.60 Å². The van der Waals surface area contributed by atoms with Crippen molar-refractivity contribution in [3.63, 3.8) is 0 Å². The summed E-state index contributed by atoms with van der Waals surface area (Å²) in [5, 5.41) is 13.1. The summed E-state index contributed by atoms with van der Waals surface area (Å²) in [5.74, 6) is -0.225. The highest BCUT2D eigenvalue weighted by molar-refractivity contribution is 5.84. The lowest BCUT2D eigenvalue weighted by molar-refractivity contribution is -0.158. The summed E-state index contributed by atoms with van der Waals surface area (Å²) in [5.41, 5.74) is -1.87. The van der Waals surface area contributed by atoms with E-state index in [0.29, 0.717) is 19.4 Å². The number of nitrogens with zero attached hydrogens (tertiary/aromatic N) is 1. The molecule has 0 aromatic carbocycles. The van der Waals surface area contributed by atoms with Crippen molar-refractivity contribution in [3.05, 3.63) is 0 Å². The van der Waals surface area contributed by atoms with E-state index in [1.54, 1.807) is 25.8 Å². The SMILES string of the molecule is CNC(=O)CC[C@]1(O)CCCN(C(=O)C(C)(C)OC)C1. The van der Waals surface area contributed by atoms with Crippen molar-refractivity contribution in [2.45, 2.75) is 50.7 Å². The molecular weight excluding hydrogens is 260 g/mol. The van der Waals surface area contributed by atoms with Gasteiger partial charge in [-0.05, 0) is 33.1 Å². The third kappa shape index (κ3) is 4.18. The lowest BCUT2D eigenvalue weighted by atomic mass is 9.87. The maximum atomic E-state index is 12.3. The molecule has 1 fully saturated rings. The number of hydrogen-bond donors (Lipinski definition) is 2. The number of likely N-dealkylation sites (tertiary alicyclic amines) is 1. The first kappa shape index (κ1) is 16.9. The van der Waals surface area contributed by atoms with Crippen molar-refractivity contribution >= 4 is 11.8 Å². The topological polar surface area (TPSA) is 78.9 Å². The number of carbonyl (C=O) groups is 2. The van der Waals surface area contributed by atoms with Crippen LogP contribution in [0.3, 0.4) is 0 Å². The Labute approximate surface area is 120 Å². The number of ether oxygens (including phenoxy) is 1. The van der Waals surface area contributed by atoms with Gasteiger partial charge in [0, 0.05) is 33.7 Å². The number of amides is 2. The predicted octanol–water partition coefficient (Wildman–Crippen LogP) is 0.291. The maximum Gasteiger partial charge on any atom is 0.254 e. The number of piperidine rings is 1. The molecule has 2 amide bonds. The molecule has 1 rings (SSSR count). The van der Waals surface area contributed by atoms with Crippen molar-refractivity contribution < 1.29 is 19.4 Å². The summed E-state index contributed by atoms with van der Waals surface area (Å²) < 4.78 is 5.20.